The smallest absolute Gasteiger partial charge is 0.459 e. The maximum Gasteiger partial charge on any atom is 0.459 e. The third-order valence-corrected chi connectivity index (χ3v) is 9.47. The summed E-state index contributed by atoms with van der Waals surface area (Å²) in [4.78, 5) is 27.4. The summed E-state index contributed by atoms with van der Waals surface area (Å²) in [6, 6.07) is 7.12. The molecule has 3 N–H and O–H groups in total. The highest BCUT2D eigenvalue weighted by molar-refractivity contribution is 7.52. The minimum Gasteiger partial charge on any atom is -0.462 e. The SMILES string of the molecule is CC(C)OC(=O)[C@H](C)NP(=O)(OC[C@@]1(F)O[C@@H](n2cnc3c(N(C)C4CC4)nc(N)nc32)[C@](C)(F)[C@@H]1C)Oc1ccccc1. The van der Waals surface area contributed by atoms with Gasteiger partial charge in [-0.2, -0.15) is 15.1 Å². The van der Waals surface area contributed by atoms with E-state index >= 15 is 8.78 Å². The first kappa shape index (κ1) is 32.0. The molecule has 0 spiro atoms. The van der Waals surface area contributed by atoms with E-state index < -0.39 is 56.1 Å². The van der Waals surface area contributed by atoms with Gasteiger partial charge in [0.25, 0.3) is 0 Å². The number of nitrogens with one attached hydrogen (secondary N) is 1. The lowest BCUT2D eigenvalue weighted by Gasteiger charge is -2.29. The maximum atomic E-state index is 16.6. The number of halogens is 2. The second-order valence-electron chi connectivity index (χ2n) is 11.7. The van der Waals surface area contributed by atoms with Gasteiger partial charge in [-0.3, -0.25) is 13.9 Å². The standard InChI is InChI=1S/C28H38F2N7O6P/c1-16(2)41-24(38)17(3)35-44(39,43-20-10-8-7-9-11-20)40-14-28(30)18(4)27(5,29)25(42-28)37-15-32-21-22(36(6)19-12-13-19)33-26(31)34-23(21)37/h7-11,15-19,25H,12-14H2,1-6H3,(H,35,39)(H2,31,33,34)/t17-,18-,25+,27+,28+,44?/m0/s1. The quantitative estimate of drug-likeness (QED) is 0.209. The number of nitrogen functional groups attached to an aromatic ring is 1. The summed E-state index contributed by atoms with van der Waals surface area (Å²) in [6.07, 6.45) is 1.30. The van der Waals surface area contributed by atoms with Crippen LogP contribution < -0.4 is 20.2 Å². The average Bonchev–Trinajstić information content (AvgIpc) is 3.70. The van der Waals surface area contributed by atoms with E-state index in [4.69, 9.17) is 24.3 Å². The number of imidazole rings is 1. The Bertz CT molecular complexity index is 1560. The lowest BCUT2D eigenvalue weighted by Crippen LogP contribution is -2.41. The third-order valence-electron chi connectivity index (χ3n) is 7.84. The van der Waals surface area contributed by atoms with Gasteiger partial charge in [0, 0.05) is 13.1 Å². The number of esters is 1. The molecule has 1 saturated heterocycles. The van der Waals surface area contributed by atoms with Crippen LogP contribution in [0.1, 0.15) is 53.7 Å². The maximum absolute atomic E-state index is 16.6. The zero-order valence-electron chi connectivity index (χ0n) is 25.4. The summed E-state index contributed by atoms with van der Waals surface area (Å²) in [6.45, 7) is 6.22. The van der Waals surface area contributed by atoms with Crippen molar-refractivity contribution in [2.24, 2.45) is 5.92 Å². The number of alkyl halides is 2. The molecule has 3 aromatic rings. The first-order valence-corrected chi connectivity index (χ1v) is 15.9. The number of carbonyl (C=O) groups is 1. The predicted octanol–water partition coefficient (Wildman–Crippen LogP) is 4.70. The summed E-state index contributed by atoms with van der Waals surface area (Å²) in [7, 11) is -2.60. The molecule has 1 saturated carbocycles. The Morgan fingerprint density at radius 1 is 1.25 bits per heavy atom. The van der Waals surface area contributed by atoms with Gasteiger partial charge in [0.1, 0.15) is 18.4 Å². The van der Waals surface area contributed by atoms with Crippen LogP contribution in [0.2, 0.25) is 0 Å². The van der Waals surface area contributed by atoms with Gasteiger partial charge in [-0.25, -0.2) is 18.3 Å². The molecular formula is C28H38F2N7O6P. The molecule has 240 valence electrons. The van der Waals surface area contributed by atoms with Gasteiger partial charge in [-0.05, 0) is 52.7 Å². The molecule has 1 unspecified atom stereocenters. The summed E-state index contributed by atoms with van der Waals surface area (Å²) < 4.78 is 70.2. The van der Waals surface area contributed by atoms with Crippen LogP contribution in [-0.2, 0) is 23.4 Å². The van der Waals surface area contributed by atoms with Crippen LogP contribution in [0.25, 0.3) is 11.2 Å². The minimum atomic E-state index is -4.46. The predicted molar refractivity (Wildman–Crippen MR) is 158 cm³/mol. The van der Waals surface area contributed by atoms with Crippen molar-refractivity contribution in [3.8, 4) is 5.75 Å². The Labute approximate surface area is 254 Å². The van der Waals surface area contributed by atoms with Crippen LogP contribution in [0, 0.1) is 5.92 Å². The van der Waals surface area contributed by atoms with Crippen LogP contribution >= 0.6 is 7.75 Å². The summed E-state index contributed by atoms with van der Waals surface area (Å²) >= 11 is 0. The zero-order valence-corrected chi connectivity index (χ0v) is 26.3. The Balaban J connectivity index is 1.41. The number of hydrogen-bond acceptors (Lipinski definition) is 11. The van der Waals surface area contributed by atoms with Gasteiger partial charge in [0.15, 0.2) is 28.9 Å². The number of fused-ring (bicyclic) bond motifs is 1. The zero-order chi connectivity index (χ0) is 32.0. The lowest BCUT2D eigenvalue weighted by atomic mass is 9.88. The normalized spacial score (nSPS) is 27.3. The molecule has 13 nitrogen and oxygen atoms in total. The van der Waals surface area contributed by atoms with E-state index in [1.54, 1.807) is 32.0 Å². The molecular weight excluding hydrogens is 599 g/mol. The van der Waals surface area contributed by atoms with Crippen molar-refractivity contribution < 1.29 is 36.7 Å². The number of anilines is 2. The molecule has 0 bridgehead atoms. The van der Waals surface area contributed by atoms with E-state index in [9.17, 15) is 9.36 Å². The Morgan fingerprint density at radius 3 is 2.57 bits per heavy atom. The van der Waals surface area contributed by atoms with Crippen molar-refractivity contribution in [2.45, 2.75) is 83.4 Å². The molecule has 1 aliphatic carbocycles. The van der Waals surface area contributed by atoms with Gasteiger partial charge in [-0.15, -0.1) is 0 Å². The summed E-state index contributed by atoms with van der Waals surface area (Å²) in [5.74, 6) is -4.40. The summed E-state index contributed by atoms with van der Waals surface area (Å²) in [5, 5.41) is 2.49. The highest BCUT2D eigenvalue weighted by atomic mass is 31.2. The molecule has 3 heterocycles. The van der Waals surface area contributed by atoms with Gasteiger partial charge < -0.3 is 24.6 Å². The first-order valence-electron chi connectivity index (χ1n) is 14.4. The fourth-order valence-corrected chi connectivity index (χ4v) is 6.51. The Kier molecular flexibility index (Phi) is 8.62. The highest BCUT2D eigenvalue weighted by Gasteiger charge is 2.63. The van der Waals surface area contributed by atoms with Gasteiger partial charge in [0.2, 0.25) is 11.8 Å². The number of para-hydroxylation sites is 1. The fraction of sp³-hybridized carbons (Fsp3) is 0.571. The minimum absolute atomic E-state index is 0.0570. The van der Waals surface area contributed by atoms with Gasteiger partial charge in [-0.1, -0.05) is 25.1 Å². The van der Waals surface area contributed by atoms with Crippen molar-refractivity contribution in [3.63, 3.8) is 0 Å². The Hall–Kier alpha value is -3.39. The largest absolute Gasteiger partial charge is 0.462 e. The van der Waals surface area contributed by atoms with Crippen molar-refractivity contribution >= 4 is 36.6 Å². The number of nitrogens with zero attached hydrogens (tertiary/aromatic N) is 5. The van der Waals surface area contributed by atoms with E-state index in [1.807, 2.05) is 11.9 Å². The van der Waals surface area contributed by atoms with Crippen molar-refractivity contribution in [1.29, 1.82) is 0 Å². The van der Waals surface area contributed by atoms with E-state index in [-0.39, 0.29) is 23.4 Å². The van der Waals surface area contributed by atoms with Crippen molar-refractivity contribution in [2.75, 3.05) is 24.3 Å². The van der Waals surface area contributed by atoms with Crippen LogP contribution in [0.4, 0.5) is 20.5 Å². The van der Waals surface area contributed by atoms with Crippen LogP contribution in [0.5, 0.6) is 5.75 Å². The van der Waals surface area contributed by atoms with Crippen LogP contribution in [0.15, 0.2) is 36.7 Å². The number of rotatable bonds is 12. The van der Waals surface area contributed by atoms with E-state index in [2.05, 4.69) is 20.0 Å². The van der Waals surface area contributed by atoms with Crippen molar-refractivity contribution in [1.82, 2.24) is 24.6 Å². The van der Waals surface area contributed by atoms with Gasteiger partial charge in [0.05, 0.1) is 18.3 Å². The average molecular weight is 638 g/mol. The molecule has 5 rings (SSSR count). The van der Waals surface area contributed by atoms with E-state index in [0.29, 0.717) is 11.3 Å². The number of ether oxygens (including phenoxy) is 2. The lowest BCUT2D eigenvalue weighted by molar-refractivity contribution is -0.188. The Morgan fingerprint density at radius 2 is 1.93 bits per heavy atom. The number of aromatic nitrogens is 4. The second kappa shape index (κ2) is 11.8. The number of carbonyl (C=O) groups excluding carboxylic acids is 1. The topological polar surface area (TPSA) is 156 Å². The number of nitrogens with two attached hydrogens (primary N) is 1. The number of hydrogen-bond donors (Lipinski definition) is 2. The number of benzene rings is 1. The van der Waals surface area contributed by atoms with Crippen LogP contribution in [0.3, 0.4) is 0 Å². The molecule has 44 heavy (non-hydrogen) atoms. The third kappa shape index (κ3) is 6.37. The summed E-state index contributed by atoms with van der Waals surface area (Å²) in [5.41, 5.74) is 4.21. The molecule has 0 radical (unpaired) electrons. The molecule has 2 fully saturated rings. The molecule has 16 heteroatoms. The molecule has 6 atom stereocenters. The monoisotopic (exact) mass is 637 g/mol. The molecule has 2 aromatic heterocycles. The van der Waals surface area contributed by atoms with E-state index in [1.165, 1.54) is 43.8 Å². The highest BCUT2D eigenvalue weighted by Crippen LogP contribution is 2.55. The molecule has 0 amide bonds. The van der Waals surface area contributed by atoms with Crippen LogP contribution in [-0.4, -0.2) is 68.9 Å². The second-order valence-corrected chi connectivity index (χ2v) is 13.4. The van der Waals surface area contributed by atoms with E-state index in [0.717, 1.165) is 12.8 Å². The first-order chi connectivity index (χ1) is 20.6. The molecule has 1 aliphatic heterocycles. The molecule has 1 aromatic carbocycles. The van der Waals surface area contributed by atoms with Gasteiger partial charge >= 0.3 is 13.7 Å². The van der Waals surface area contributed by atoms with Crippen molar-refractivity contribution in [3.05, 3.63) is 36.7 Å². The fourth-order valence-electron chi connectivity index (χ4n) is 5.00. The molecule has 2 aliphatic rings.